The number of carbonyl (C=O) groups is 4. The van der Waals surface area contributed by atoms with E-state index in [1.807, 2.05) is 51.1 Å². The zero-order chi connectivity index (χ0) is 23.5. The van der Waals surface area contributed by atoms with E-state index in [2.05, 4.69) is 15.4 Å². The van der Waals surface area contributed by atoms with Gasteiger partial charge in [-0.1, -0.05) is 44.2 Å². The second kappa shape index (κ2) is 13.1. The summed E-state index contributed by atoms with van der Waals surface area (Å²) in [7, 11) is 0. The maximum Gasteiger partial charge on any atom is 0.417 e. The van der Waals surface area contributed by atoms with Crippen molar-refractivity contribution in [3.05, 3.63) is 35.9 Å². The van der Waals surface area contributed by atoms with Crippen LogP contribution in [0.3, 0.4) is 0 Å². The first-order chi connectivity index (χ1) is 15.3. The van der Waals surface area contributed by atoms with Crippen LogP contribution in [0.2, 0.25) is 0 Å². The lowest BCUT2D eigenvalue weighted by atomic mass is 9.99. The van der Waals surface area contributed by atoms with Crippen LogP contribution >= 0.6 is 11.9 Å². The van der Waals surface area contributed by atoms with E-state index in [4.69, 9.17) is 4.74 Å². The van der Waals surface area contributed by atoms with Crippen LogP contribution in [0.1, 0.15) is 45.6 Å². The van der Waals surface area contributed by atoms with E-state index in [-0.39, 0.29) is 36.2 Å². The van der Waals surface area contributed by atoms with Gasteiger partial charge >= 0.3 is 6.09 Å². The number of hydrogen-bond acceptors (Lipinski definition) is 6. The van der Waals surface area contributed by atoms with Crippen LogP contribution < -0.4 is 15.4 Å². The summed E-state index contributed by atoms with van der Waals surface area (Å²) in [5.74, 6) is -0.519. The van der Waals surface area contributed by atoms with E-state index >= 15 is 0 Å². The molecule has 1 aliphatic heterocycles. The Bertz CT molecular complexity index is 774. The number of carbonyl (C=O) groups excluding carboxylic acids is 4. The van der Waals surface area contributed by atoms with Gasteiger partial charge in [0.2, 0.25) is 11.8 Å². The van der Waals surface area contributed by atoms with Crippen molar-refractivity contribution in [2.75, 3.05) is 6.54 Å². The second-order valence-electron chi connectivity index (χ2n) is 8.51. The number of nitrogens with one attached hydrogen (secondary N) is 3. The lowest BCUT2D eigenvalue weighted by Gasteiger charge is -2.22. The normalized spacial score (nSPS) is 18.4. The third kappa shape index (κ3) is 8.90. The highest BCUT2D eigenvalue weighted by atomic mass is 32.2. The fourth-order valence-electron chi connectivity index (χ4n) is 3.55. The summed E-state index contributed by atoms with van der Waals surface area (Å²) in [6, 6.07) is 8.97. The minimum Gasteiger partial charge on any atom is -0.446 e. The maximum atomic E-state index is 12.8. The first kappa shape index (κ1) is 25.7. The molecule has 1 aromatic rings. The predicted octanol–water partition coefficient (Wildman–Crippen LogP) is 2.62. The average Bonchev–Trinajstić information content (AvgIpc) is 3.15. The molecule has 0 radical (unpaired) electrons. The number of hydrogen-bond donors (Lipinski definition) is 3. The third-order valence-corrected chi connectivity index (χ3v) is 6.11. The Labute approximate surface area is 193 Å². The molecule has 0 saturated carbocycles. The van der Waals surface area contributed by atoms with Crippen molar-refractivity contribution in [1.82, 2.24) is 15.4 Å². The molecule has 9 heteroatoms. The molecule has 1 saturated heterocycles. The second-order valence-corrected chi connectivity index (χ2v) is 9.52. The molecule has 176 valence electrons. The van der Waals surface area contributed by atoms with E-state index < -0.39 is 17.4 Å². The average molecular weight is 464 g/mol. The Kier molecular flexibility index (Phi) is 10.5. The van der Waals surface area contributed by atoms with Gasteiger partial charge in [-0.15, -0.1) is 0 Å². The summed E-state index contributed by atoms with van der Waals surface area (Å²) in [4.78, 5) is 48.3. The molecule has 2 rings (SSSR count). The summed E-state index contributed by atoms with van der Waals surface area (Å²) >= 11 is 0.978. The predicted molar refractivity (Wildman–Crippen MR) is 124 cm³/mol. The first-order valence-electron chi connectivity index (χ1n) is 11.0. The Morgan fingerprint density at radius 3 is 2.56 bits per heavy atom. The zero-order valence-electron chi connectivity index (χ0n) is 18.8. The highest BCUT2D eigenvalue weighted by Gasteiger charge is 2.30. The fraction of sp³-hybridized carbons (Fsp3) is 0.565. The van der Waals surface area contributed by atoms with Crippen LogP contribution in [0.15, 0.2) is 30.3 Å². The lowest BCUT2D eigenvalue weighted by Crippen LogP contribution is -2.44. The SMILES string of the molecule is CC(C)C[C@H](SNC(=O)OC(C)Cc1ccccc1)C(=O)N[C@H](C=O)C[C@@H]1CCNC1=O. The van der Waals surface area contributed by atoms with Crippen molar-refractivity contribution in [3.8, 4) is 0 Å². The molecule has 32 heavy (non-hydrogen) atoms. The smallest absolute Gasteiger partial charge is 0.417 e. The molecule has 0 spiro atoms. The van der Waals surface area contributed by atoms with Crippen molar-refractivity contribution < 1.29 is 23.9 Å². The van der Waals surface area contributed by atoms with Crippen LogP contribution in [-0.4, -0.2) is 48.1 Å². The highest BCUT2D eigenvalue weighted by molar-refractivity contribution is 7.99. The van der Waals surface area contributed by atoms with Gasteiger partial charge in [-0.05, 0) is 49.6 Å². The molecule has 0 aliphatic carbocycles. The van der Waals surface area contributed by atoms with Gasteiger partial charge in [-0.3, -0.25) is 14.3 Å². The van der Waals surface area contributed by atoms with Crippen LogP contribution in [0, 0.1) is 11.8 Å². The zero-order valence-corrected chi connectivity index (χ0v) is 19.7. The fourth-order valence-corrected chi connectivity index (χ4v) is 4.49. The monoisotopic (exact) mass is 463 g/mol. The van der Waals surface area contributed by atoms with Crippen LogP contribution in [0.4, 0.5) is 4.79 Å². The van der Waals surface area contributed by atoms with Crippen molar-refractivity contribution in [2.45, 2.75) is 63.9 Å². The number of aldehydes is 1. The van der Waals surface area contributed by atoms with Gasteiger partial charge in [0.15, 0.2) is 0 Å². The lowest BCUT2D eigenvalue weighted by molar-refractivity contribution is -0.126. The summed E-state index contributed by atoms with van der Waals surface area (Å²) in [5, 5.41) is 4.86. The third-order valence-electron chi connectivity index (χ3n) is 5.13. The molecule has 0 aromatic heterocycles. The van der Waals surface area contributed by atoms with Crippen molar-refractivity contribution >= 4 is 36.1 Å². The molecular formula is C23H33N3O5S. The molecule has 4 atom stereocenters. The molecule has 1 aliphatic rings. The molecule has 0 bridgehead atoms. The topological polar surface area (TPSA) is 114 Å². The Hall–Kier alpha value is -2.55. The van der Waals surface area contributed by atoms with Crippen molar-refractivity contribution in [2.24, 2.45) is 11.8 Å². The molecule has 1 unspecified atom stereocenters. The van der Waals surface area contributed by atoms with Gasteiger partial charge in [0.25, 0.3) is 0 Å². The van der Waals surface area contributed by atoms with Crippen LogP contribution in [0.25, 0.3) is 0 Å². The van der Waals surface area contributed by atoms with E-state index in [1.165, 1.54) is 0 Å². The quantitative estimate of drug-likeness (QED) is 0.324. The van der Waals surface area contributed by atoms with Gasteiger partial charge < -0.3 is 20.2 Å². The number of amides is 3. The van der Waals surface area contributed by atoms with Crippen LogP contribution in [-0.2, 0) is 25.5 Å². The molecule has 1 fully saturated rings. The van der Waals surface area contributed by atoms with E-state index in [1.54, 1.807) is 0 Å². The summed E-state index contributed by atoms with van der Waals surface area (Å²) < 4.78 is 7.99. The molecule has 1 heterocycles. The molecule has 1 aromatic carbocycles. The summed E-state index contributed by atoms with van der Waals surface area (Å²) in [6.07, 6.45) is 1.73. The minimum absolute atomic E-state index is 0.0896. The maximum absolute atomic E-state index is 12.8. The van der Waals surface area contributed by atoms with E-state index in [0.717, 1.165) is 17.5 Å². The van der Waals surface area contributed by atoms with Gasteiger partial charge in [0.05, 0.1) is 6.04 Å². The van der Waals surface area contributed by atoms with Crippen molar-refractivity contribution in [1.29, 1.82) is 0 Å². The Morgan fingerprint density at radius 2 is 1.97 bits per heavy atom. The molecule has 8 nitrogen and oxygen atoms in total. The van der Waals surface area contributed by atoms with Gasteiger partial charge in [-0.2, -0.15) is 0 Å². The van der Waals surface area contributed by atoms with E-state index in [0.29, 0.717) is 32.1 Å². The van der Waals surface area contributed by atoms with Gasteiger partial charge in [0, 0.05) is 18.9 Å². The summed E-state index contributed by atoms with van der Waals surface area (Å²) in [5.41, 5.74) is 1.06. The first-order valence-corrected chi connectivity index (χ1v) is 11.9. The Morgan fingerprint density at radius 1 is 1.25 bits per heavy atom. The minimum atomic E-state index is -0.746. The number of ether oxygens (including phenoxy) is 1. The highest BCUT2D eigenvalue weighted by Crippen LogP contribution is 2.20. The number of benzene rings is 1. The molecular weight excluding hydrogens is 430 g/mol. The standard InChI is InChI=1S/C23H33N3O5S/c1-15(2)11-20(22(29)25-19(14-27)13-18-9-10-24-21(18)28)32-26-23(30)31-16(3)12-17-7-5-4-6-8-17/h4-8,14-16,18-20H,9-13H2,1-3H3,(H,24,28)(H,25,29)(H,26,30)/t16?,18-,19-,20-/m0/s1. The molecule has 3 N–H and O–H groups in total. The van der Waals surface area contributed by atoms with Crippen molar-refractivity contribution in [3.63, 3.8) is 0 Å². The van der Waals surface area contributed by atoms with Gasteiger partial charge in [-0.25, -0.2) is 4.79 Å². The largest absolute Gasteiger partial charge is 0.446 e. The van der Waals surface area contributed by atoms with E-state index in [9.17, 15) is 19.2 Å². The Balaban J connectivity index is 1.85. The van der Waals surface area contributed by atoms with Crippen LogP contribution in [0.5, 0.6) is 0 Å². The number of rotatable bonds is 12. The summed E-state index contributed by atoms with van der Waals surface area (Å²) in [6.45, 7) is 6.34. The van der Waals surface area contributed by atoms with Gasteiger partial charge in [0.1, 0.15) is 17.6 Å². The molecule has 3 amide bonds.